The van der Waals surface area contributed by atoms with Crippen LogP contribution in [0.5, 0.6) is 0 Å². The molecule has 2 aromatic rings. The molecule has 0 aliphatic carbocycles. The standard InChI is InChI=1S/C17H21Cl/c1-2-3-4-11-16(18)13-15-10-7-9-14-8-5-6-12-17(14)15/h5-10,12,16H,2-4,11,13H2,1H3. The van der Waals surface area contributed by atoms with Crippen molar-refractivity contribution >= 4 is 22.4 Å². The van der Waals surface area contributed by atoms with Crippen LogP contribution in [0.2, 0.25) is 0 Å². The summed E-state index contributed by atoms with van der Waals surface area (Å²) >= 11 is 6.45. The zero-order valence-electron chi connectivity index (χ0n) is 11.0. The molecule has 18 heavy (non-hydrogen) atoms. The van der Waals surface area contributed by atoms with Gasteiger partial charge in [0.2, 0.25) is 0 Å². The molecule has 0 saturated heterocycles. The zero-order valence-corrected chi connectivity index (χ0v) is 11.8. The maximum absolute atomic E-state index is 6.45. The van der Waals surface area contributed by atoms with Gasteiger partial charge in [0.15, 0.2) is 0 Å². The summed E-state index contributed by atoms with van der Waals surface area (Å²) in [6, 6.07) is 15.1. The van der Waals surface area contributed by atoms with Gasteiger partial charge in [-0.25, -0.2) is 0 Å². The normalized spacial score (nSPS) is 12.8. The molecule has 0 spiro atoms. The summed E-state index contributed by atoms with van der Waals surface area (Å²) in [6.45, 7) is 2.23. The Bertz CT molecular complexity index is 484. The largest absolute Gasteiger partial charge is 0.123 e. The molecule has 1 unspecified atom stereocenters. The predicted molar refractivity (Wildman–Crippen MR) is 81.4 cm³/mol. The second-order valence-corrected chi connectivity index (χ2v) is 5.55. The number of unbranched alkanes of at least 4 members (excludes halogenated alkanes) is 2. The Kier molecular flexibility index (Phi) is 5.07. The summed E-state index contributed by atoms with van der Waals surface area (Å²) in [7, 11) is 0. The molecule has 0 heterocycles. The van der Waals surface area contributed by atoms with E-state index in [1.54, 1.807) is 0 Å². The monoisotopic (exact) mass is 260 g/mol. The first-order valence-electron chi connectivity index (χ1n) is 6.92. The van der Waals surface area contributed by atoms with Crippen LogP contribution in [0.15, 0.2) is 42.5 Å². The second kappa shape index (κ2) is 6.80. The molecule has 0 N–H and O–H groups in total. The van der Waals surface area contributed by atoms with E-state index in [9.17, 15) is 0 Å². The average Bonchev–Trinajstić information content (AvgIpc) is 2.39. The molecule has 0 amide bonds. The van der Waals surface area contributed by atoms with Crippen molar-refractivity contribution < 1.29 is 0 Å². The summed E-state index contributed by atoms with van der Waals surface area (Å²) in [6.07, 6.45) is 5.90. The molecule has 0 nitrogen and oxygen atoms in total. The predicted octanol–water partition coefficient (Wildman–Crippen LogP) is 5.57. The highest BCUT2D eigenvalue weighted by molar-refractivity contribution is 6.20. The summed E-state index contributed by atoms with van der Waals surface area (Å²) in [5, 5.41) is 2.93. The zero-order chi connectivity index (χ0) is 12.8. The Morgan fingerprint density at radius 3 is 2.61 bits per heavy atom. The fourth-order valence-electron chi connectivity index (χ4n) is 2.43. The van der Waals surface area contributed by atoms with Crippen LogP contribution in [0.4, 0.5) is 0 Å². The molecule has 2 aromatic carbocycles. The Morgan fingerprint density at radius 1 is 1.00 bits per heavy atom. The molecule has 0 aliphatic rings. The lowest BCUT2D eigenvalue weighted by molar-refractivity contribution is 0.639. The third-order valence-electron chi connectivity index (χ3n) is 3.44. The van der Waals surface area contributed by atoms with Gasteiger partial charge >= 0.3 is 0 Å². The minimum atomic E-state index is 0.266. The second-order valence-electron chi connectivity index (χ2n) is 4.94. The first-order chi connectivity index (χ1) is 8.81. The van der Waals surface area contributed by atoms with Gasteiger partial charge < -0.3 is 0 Å². The van der Waals surface area contributed by atoms with Crippen molar-refractivity contribution in [2.45, 2.75) is 44.4 Å². The van der Waals surface area contributed by atoms with Crippen LogP contribution in [0.3, 0.4) is 0 Å². The molecule has 0 aromatic heterocycles. The van der Waals surface area contributed by atoms with E-state index in [0.717, 1.165) is 12.8 Å². The number of fused-ring (bicyclic) bond motifs is 1. The minimum Gasteiger partial charge on any atom is -0.123 e. The summed E-state index contributed by atoms with van der Waals surface area (Å²) in [5.41, 5.74) is 1.38. The van der Waals surface area contributed by atoms with Crippen LogP contribution < -0.4 is 0 Å². The number of rotatable bonds is 6. The van der Waals surface area contributed by atoms with Crippen molar-refractivity contribution in [1.82, 2.24) is 0 Å². The average molecular weight is 261 g/mol. The fraction of sp³-hybridized carbons (Fsp3) is 0.412. The molecular weight excluding hydrogens is 240 g/mol. The van der Waals surface area contributed by atoms with Gasteiger partial charge in [0.05, 0.1) is 0 Å². The van der Waals surface area contributed by atoms with Crippen LogP contribution in [0, 0.1) is 0 Å². The van der Waals surface area contributed by atoms with E-state index in [1.165, 1.54) is 35.6 Å². The molecular formula is C17H21Cl. The van der Waals surface area contributed by atoms with Crippen molar-refractivity contribution in [2.24, 2.45) is 0 Å². The SMILES string of the molecule is CCCCCC(Cl)Cc1cccc2ccccc12. The van der Waals surface area contributed by atoms with Crippen molar-refractivity contribution in [3.63, 3.8) is 0 Å². The van der Waals surface area contributed by atoms with Gasteiger partial charge in [-0.05, 0) is 29.2 Å². The van der Waals surface area contributed by atoms with Crippen molar-refractivity contribution in [2.75, 3.05) is 0 Å². The summed E-state index contributed by atoms with van der Waals surface area (Å²) in [4.78, 5) is 0. The number of benzene rings is 2. The van der Waals surface area contributed by atoms with Crippen LogP contribution >= 0.6 is 11.6 Å². The third kappa shape index (κ3) is 3.49. The van der Waals surface area contributed by atoms with Crippen LogP contribution in [-0.4, -0.2) is 5.38 Å². The van der Waals surface area contributed by atoms with Gasteiger partial charge in [0.25, 0.3) is 0 Å². The van der Waals surface area contributed by atoms with Crippen molar-refractivity contribution in [3.8, 4) is 0 Å². The van der Waals surface area contributed by atoms with Gasteiger partial charge in [-0.2, -0.15) is 0 Å². The quantitative estimate of drug-likeness (QED) is 0.470. The first-order valence-corrected chi connectivity index (χ1v) is 7.35. The maximum Gasteiger partial charge on any atom is 0.0376 e. The Labute approximate surface area is 115 Å². The number of halogens is 1. The van der Waals surface area contributed by atoms with Crippen LogP contribution in [0.1, 0.15) is 38.2 Å². The number of alkyl halides is 1. The van der Waals surface area contributed by atoms with Crippen LogP contribution in [0.25, 0.3) is 10.8 Å². The molecule has 0 saturated carbocycles. The van der Waals surface area contributed by atoms with E-state index in [0.29, 0.717) is 0 Å². The molecule has 0 radical (unpaired) electrons. The summed E-state index contributed by atoms with van der Waals surface area (Å²) < 4.78 is 0. The molecule has 2 rings (SSSR count). The minimum absolute atomic E-state index is 0.266. The van der Waals surface area contributed by atoms with E-state index in [1.807, 2.05) is 0 Å². The van der Waals surface area contributed by atoms with E-state index >= 15 is 0 Å². The lowest BCUT2D eigenvalue weighted by Crippen LogP contribution is -2.03. The molecule has 1 atom stereocenters. The highest BCUT2D eigenvalue weighted by Crippen LogP contribution is 2.22. The van der Waals surface area contributed by atoms with Crippen molar-refractivity contribution in [1.29, 1.82) is 0 Å². The van der Waals surface area contributed by atoms with Gasteiger partial charge in [-0.1, -0.05) is 68.7 Å². The maximum atomic E-state index is 6.45. The Morgan fingerprint density at radius 2 is 1.78 bits per heavy atom. The van der Waals surface area contributed by atoms with E-state index in [-0.39, 0.29) is 5.38 Å². The molecule has 0 aliphatic heterocycles. The topological polar surface area (TPSA) is 0 Å². The smallest absolute Gasteiger partial charge is 0.0376 e. The molecule has 1 heteroatoms. The van der Waals surface area contributed by atoms with Gasteiger partial charge in [-0.3, -0.25) is 0 Å². The Hall–Kier alpha value is -1.01. The molecule has 0 fully saturated rings. The number of hydrogen-bond acceptors (Lipinski definition) is 0. The first kappa shape index (κ1) is 13.4. The van der Waals surface area contributed by atoms with Crippen LogP contribution in [-0.2, 0) is 6.42 Å². The molecule has 96 valence electrons. The lowest BCUT2D eigenvalue weighted by Gasteiger charge is -2.11. The third-order valence-corrected chi connectivity index (χ3v) is 3.81. The number of hydrogen-bond donors (Lipinski definition) is 0. The highest BCUT2D eigenvalue weighted by atomic mass is 35.5. The van der Waals surface area contributed by atoms with E-state index < -0.39 is 0 Å². The van der Waals surface area contributed by atoms with Gasteiger partial charge in [0, 0.05) is 5.38 Å². The summed E-state index contributed by atoms with van der Waals surface area (Å²) in [5.74, 6) is 0. The molecule has 0 bridgehead atoms. The van der Waals surface area contributed by atoms with Crippen molar-refractivity contribution in [3.05, 3.63) is 48.0 Å². The highest BCUT2D eigenvalue weighted by Gasteiger charge is 2.08. The van der Waals surface area contributed by atoms with Gasteiger partial charge in [0.1, 0.15) is 0 Å². The van der Waals surface area contributed by atoms with E-state index in [2.05, 4.69) is 49.4 Å². The lowest BCUT2D eigenvalue weighted by atomic mass is 9.99. The Balaban J connectivity index is 2.07. The fourth-order valence-corrected chi connectivity index (χ4v) is 2.75. The van der Waals surface area contributed by atoms with Gasteiger partial charge in [-0.15, -0.1) is 11.6 Å². The van der Waals surface area contributed by atoms with E-state index in [4.69, 9.17) is 11.6 Å².